The molecule has 0 aliphatic heterocycles. The molecule has 1 unspecified atom stereocenters. The number of anilines is 1. The van der Waals surface area contributed by atoms with E-state index in [1.165, 1.54) is 18.5 Å². The number of nitro groups is 1. The lowest BCUT2D eigenvalue weighted by molar-refractivity contribution is -0.384. The van der Waals surface area contributed by atoms with Crippen LogP contribution in [0.1, 0.15) is 11.1 Å². The van der Waals surface area contributed by atoms with E-state index >= 15 is 0 Å². The van der Waals surface area contributed by atoms with Crippen molar-refractivity contribution in [2.24, 2.45) is 0 Å². The zero-order valence-electron chi connectivity index (χ0n) is 11.6. The number of hydrogen-bond donors (Lipinski definition) is 1. The number of non-ortho nitro benzene ring substituents is 1. The van der Waals surface area contributed by atoms with Crippen molar-refractivity contribution in [3.05, 3.63) is 69.5 Å². The number of halogens is 2. The zero-order chi connectivity index (χ0) is 16.4. The van der Waals surface area contributed by atoms with E-state index in [4.69, 9.17) is 23.2 Å². The Morgan fingerprint density at radius 3 is 2.78 bits per heavy atom. The van der Waals surface area contributed by atoms with Gasteiger partial charge < -0.3 is 5.32 Å². The van der Waals surface area contributed by atoms with Gasteiger partial charge in [0.25, 0.3) is 5.69 Å². The summed E-state index contributed by atoms with van der Waals surface area (Å²) < 4.78 is 0. The van der Waals surface area contributed by atoms with Crippen LogP contribution in [-0.2, 0) is 0 Å². The summed E-state index contributed by atoms with van der Waals surface area (Å²) in [5.74, 6) is 0.504. The molecule has 116 valence electrons. The summed E-state index contributed by atoms with van der Waals surface area (Å²) in [5, 5.41) is 15.2. The molecule has 0 amide bonds. The van der Waals surface area contributed by atoms with Crippen LogP contribution in [0.15, 0.2) is 48.8 Å². The zero-order valence-corrected chi connectivity index (χ0v) is 13.1. The molecule has 23 heavy (non-hydrogen) atoms. The highest BCUT2D eigenvalue weighted by atomic mass is 35.5. The molecule has 3 rings (SSSR count). The van der Waals surface area contributed by atoms with Crippen molar-refractivity contribution in [1.29, 1.82) is 0 Å². The molecule has 6 nitrogen and oxygen atoms in total. The molecule has 0 spiro atoms. The van der Waals surface area contributed by atoms with Crippen LogP contribution in [0.25, 0.3) is 10.9 Å². The van der Waals surface area contributed by atoms with Crippen LogP contribution in [0, 0.1) is 10.1 Å². The second-order valence-electron chi connectivity index (χ2n) is 4.74. The lowest BCUT2D eigenvalue weighted by atomic mass is 10.2. The number of hydrogen-bond acceptors (Lipinski definition) is 5. The van der Waals surface area contributed by atoms with Crippen molar-refractivity contribution in [2.75, 3.05) is 5.32 Å². The van der Waals surface area contributed by atoms with Crippen LogP contribution in [0.2, 0.25) is 5.02 Å². The van der Waals surface area contributed by atoms with Gasteiger partial charge >= 0.3 is 0 Å². The van der Waals surface area contributed by atoms with Crippen molar-refractivity contribution in [2.45, 2.75) is 5.50 Å². The molecular weight excluding hydrogens is 339 g/mol. The Bertz CT molecular complexity index is 888. The van der Waals surface area contributed by atoms with E-state index < -0.39 is 10.4 Å². The number of benzene rings is 2. The molecule has 2 aromatic carbocycles. The second kappa shape index (κ2) is 6.36. The van der Waals surface area contributed by atoms with E-state index in [1.54, 1.807) is 30.3 Å². The molecule has 0 radical (unpaired) electrons. The Hall–Kier alpha value is -2.44. The molecule has 0 aliphatic carbocycles. The maximum Gasteiger partial charge on any atom is 0.269 e. The highest BCUT2D eigenvalue weighted by Gasteiger charge is 2.14. The molecule has 1 N–H and O–H groups in total. The average Bonchev–Trinajstić information content (AvgIpc) is 2.55. The van der Waals surface area contributed by atoms with Crippen LogP contribution in [0.5, 0.6) is 0 Å². The molecule has 1 heterocycles. The fourth-order valence-electron chi connectivity index (χ4n) is 2.14. The molecule has 8 heteroatoms. The van der Waals surface area contributed by atoms with Crippen LogP contribution < -0.4 is 5.32 Å². The van der Waals surface area contributed by atoms with Crippen molar-refractivity contribution >= 4 is 45.6 Å². The summed E-state index contributed by atoms with van der Waals surface area (Å²) in [5.41, 5.74) is 0.571. The molecule has 3 aromatic rings. The first kappa shape index (κ1) is 15.5. The van der Waals surface area contributed by atoms with Gasteiger partial charge in [0.05, 0.1) is 10.4 Å². The number of nitrogens with one attached hydrogen (secondary N) is 1. The van der Waals surface area contributed by atoms with Gasteiger partial charge in [-0.15, -0.1) is 0 Å². The predicted molar refractivity (Wildman–Crippen MR) is 89.9 cm³/mol. The van der Waals surface area contributed by atoms with E-state index in [1.807, 2.05) is 0 Å². The number of alkyl halides is 1. The van der Waals surface area contributed by atoms with Crippen LogP contribution in [0.4, 0.5) is 11.5 Å². The largest absolute Gasteiger partial charge is 0.350 e. The summed E-state index contributed by atoms with van der Waals surface area (Å²) in [6.45, 7) is 0. The third kappa shape index (κ3) is 3.33. The van der Waals surface area contributed by atoms with Gasteiger partial charge in [-0.3, -0.25) is 10.1 Å². The molecule has 1 atom stereocenters. The lowest BCUT2D eigenvalue weighted by Gasteiger charge is -2.14. The Labute approximate surface area is 141 Å². The van der Waals surface area contributed by atoms with Crippen molar-refractivity contribution in [3.63, 3.8) is 0 Å². The molecule has 0 fully saturated rings. The normalized spacial score (nSPS) is 12.1. The third-order valence-corrected chi connectivity index (χ3v) is 3.83. The monoisotopic (exact) mass is 348 g/mol. The van der Waals surface area contributed by atoms with Crippen LogP contribution in [0.3, 0.4) is 0 Å². The predicted octanol–water partition coefficient (Wildman–Crippen LogP) is 4.54. The summed E-state index contributed by atoms with van der Waals surface area (Å²) in [4.78, 5) is 18.7. The third-order valence-electron chi connectivity index (χ3n) is 3.23. The van der Waals surface area contributed by atoms with Gasteiger partial charge in [-0.25, -0.2) is 9.97 Å². The number of nitrogens with zero attached hydrogens (tertiary/aromatic N) is 3. The molecular formula is C15H10Cl2N4O2. The number of nitro benzene ring substituents is 1. The summed E-state index contributed by atoms with van der Waals surface area (Å²) in [6.07, 6.45) is 1.41. The molecule has 0 saturated carbocycles. The maximum absolute atomic E-state index is 10.9. The van der Waals surface area contributed by atoms with Gasteiger partial charge in [-0.05, 0) is 23.8 Å². The summed E-state index contributed by atoms with van der Waals surface area (Å²) in [7, 11) is 0. The van der Waals surface area contributed by atoms with E-state index in [9.17, 15) is 10.1 Å². The second-order valence-corrected chi connectivity index (χ2v) is 5.62. The molecule has 1 aromatic heterocycles. The van der Waals surface area contributed by atoms with Gasteiger partial charge in [0.15, 0.2) is 0 Å². The van der Waals surface area contributed by atoms with E-state index in [2.05, 4.69) is 15.3 Å². The number of aromatic nitrogens is 2. The Morgan fingerprint density at radius 2 is 2.00 bits per heavy atom. The Balaban J connectivity index is 1.94. The van der Waals surface area contributed by atoms with E-state index in [-0.39, 0.29) is 5.69 Å². The first-order valence-electron chi connectivity index (χ1n) is 6.60. The topological polar surface area (TPSA) is 81.0 Å². The smallest absolute Gasteiger partial charge is 0.269 e. The van der Waals surface area contributed by atoms with Crippen molar-refractivity contribution in [3.8, 4) is 0 Å². The van der Waals surface area contributed by atoms with Crippen molar-refractivity contribution < 1.29 is 4.92 Å². The van der Waals surface area contributed by atoms with Crippen molar-refractivity contribution in [1.82, 2.24) is 9.97 Å². The fourth-order valence-corrected chi connectivity index (χ4v) is 2.55. The van der Waals surface area contributed by atoms with Gasteiger partial charge in [0.2, 0.25) is 0 Å². The van der Waals surface area contributed by atoms with E-state index in [0.717, 1.165) is 10.9 Å². The highest BCUT2D eigenvalue weighted by Crippen LogP contribution is 2.29. The molecule has 0 aliphatic rings. The Kier molecular flexibility index (Phi) is 4.27. The van der Waals surface area contributed by atoms with Crippen LogP contribution in [-0.4, -0.2) is 14.9 Å². The lowest BCUT2D eigenvalue weighted by Crippen LogP contribution is -2.07. The quantitative estimate of drug-likeness (QED) is 0.324. The van der Waals surface area contributed by atoms with Gasteiger partial charge in [-0.1, -0.05) is 35.3 Å². The first-order valence-corrected chi connectivity index (χ1v) is 7.41. The first-order chi connectivity index (χ1) is 11.0. The summed E-state index contributed by atoms with van der Waals surface area (Å²) >= 11 is 12.3. The van der Waals surface area contributed by atoms with Gasteiger partial charge in [-0.2, -0.15) is 0 Å². The van der Waals surface area contributed by atoms with Gasteiger partial charge in [0.1, 0.15) is 17.6 Å². The average molecular weight is 349 g/mol. The maximum atomic E-state index is 10.9. The minimum atomic E-state index is -0.688. The number of rotatable bonds is 4. The minimum Gasteiger partial charge on any atom is -0.350 e. The van der Waals surface area contributed by atoms with Crippen LogP contribution >= 0.6 is 23.2 Å². The summed E-state index contributed by atoms with van der Waals surface area (Å²) in [6, 6.07) is 11.4. The number of fused-ring (bicyclic) bond motifs is 1. The highest BCUT2D eigenvalue weighted by molar-refractivity contribution is 6.31. The standard InChI is InChI=1S/C15H10Cl2N4O2/c16-10-4-5-13-12(7-10)15(19-8-18-13)20-14(17)9-2-1-3-11(6-9)21(22)23/h1-8,14H,(H,18,19,20). The Morgan fingerprint density at radius 1 is 1.17 bits per heavy atom. The minimum absolute atomic E-state index is 0.0226. The van der Waals surface area contributed by atoms with Gasteiger partial charge in [0, 0.05) is 22.5 Å². The fraction of sp³-hybridized carbons (Fsp3) is 0.0667. The molecule has 0 saturated heterocycles. The molecule has 0 bridgehead atoms. The SMILES string of the molecule is O=[N+]([O-])c1cccc(C(Cl)Nc2ncnc3ccc(Cl)cc23)c1. The van der Waals surface area contributed by atoms with E-state index in [0.29, 0.717) is 16.4 Å².